The molecule has 0 aliphatic carbocycles. The molecule has 0 saturated heterocycles. The van der Waals surface area contributed by atoms with Crippen molar-refractivity contribution in [2.24, 2.45) is 0 Å². The third kappa shape index (κ3) is 3.11. The summed E-state index contributed by atoms with van der Waals surface area (Å²) in [7, 11) is 0. The molecule has 0 aliphatic rings. The molecule has 1 N–H and O–H groups in total. The summed E-state index contributed by atoms with van der Waals surface area (Å²) in [5, 5.41) is 11.8. The lowest BCUT2D eigenvalue weighted by molar-refractivity contribution is 0.0696. The molecular weight excluding hydrogens is 266 g/mol. The van der Waals surface area contributed by atoms with Crippen LogP contribution >= 0.6 is 23.1 Å². The molecule has 2 rings (SSSR count). The van der Waals surface area contributed by atoms with Crippen LogP contribution < -0.4 is 0 Å². The Hall–Kier alpha value is -1.33. The van der Waals surface area contributed by atoms with E-state index in [-0.39, 0.29) is 5.92 Å². The van der Waals surface area contributed by atoms with Crippen LogP contribution in [0.25, 0.3) is 0 Å². The van der Waals surface area contributed by atoms with E-state index < -0.39 is 5.97 Å². The molecule has 0 saturated carbocycles. The molecule has 0 aromatic carbocycles. The Morgan fingerprint density at radius 2 is 2.22 bits per heavy atom. The average Bonchev–Trinajstić information content (AvgIpc) is 2.81. The predicted molar refractivity (Wildman–Crippen MR) is 73.7 cm³/mol. The molecule has 0 radical (unpaired) electrons. The number of carboxylic acids is 1. The second-order valence-electron chi connectivity index (χ2n) is 4.11. The molecule has 0 aliphatic heterocycles. The highest BCUT2D eigenvalue weighted by molar-refractivity contribution is 8.01. The Labute approximate surface area is 114 Å². The van der Waals surface area contributed by atoms with Crippen molar-refractivity contribution in [2.45, 2.75) is 29.0 Å². The van der Waals surface area contributed by atoms with Gasteiger partial charge in [0.05, 0.1) is 9.77 Å². The van der Waals surface area contributed by atoms with Crippen LogP contribution in [0.2, 0.25) is 0 Å². The summed E-state index contributed by atoms with van der Waals surface area (Å²) in [5.41, 5.74) is 1.11. The quantitative estimate of drug-likeness (QED) is 0.914. The fourth-order valence-electron chi connectivity index (χ4n) is 1.42. The fraction of sp³-hybridized carbons (Fsp3) is 0.231. The number of carboxylic acid groups (broad SMARTS) is 1. The summed E-state index contributed by atoms with van der Waals surface area (Å²) in [6.45, 7) is 4.01. The minimum Gasteiger partial charge on any atom is -0.478 e. The second-order valence-corrected chi connectivity index (χ2v) is 6.38. The number of carbonyl (C=O) groups is 1. The zero-order valence-electron chi connectivity index (χ0n) is 10.1. The highest BCUT2D eigenvalue weighted by Gasteiger charge is 2.11. The van der Waals surface area contributed by atoms with Crippen molar-refractivity contribution >= 4 is 29.1 Å². The highest BCUT2D eigenvalue weighted by Crippen LogP contribution is 2.31. The zero-order valence-corrected chi connectivity index (χ0v) is 11.7. The van der Waals surface area contributed by atoms with Crippen LogP contribution in [0.5, 0.6) is 0 Å². The van der Waals surface area contributed by atoms with E-state index in [4.69, 9.17) is 5.11 Å². The summed E-state index contributed by atoms with van der Waals surface area (Å²) in [5.74, 6) is -0.695. The van der Waals surface area contributed by atoms with Crippen LogP contribution in [0.4, 0.5) is 0 Å². The first-order valence-electron chi connectivity index (χ1n) is 5.53. The maximum absolute atomic E-state index is 11.1. The van der Waals surface area contributed by atoms with Crippen molar-refractivity contribution in [3.63, 3.8) is 0 Å². The first-order valence-corrected chi connectivity index (χ1v) is 7.22. The molecule has 0 atom stereocenters. The van der Waals surface area contributed by atoms with Gasteiger partial charge in [0.1, 0.15) is 5.03 Å². The van der Waals surface area contributed by atoms with Gasteiger partial charge in [-0.05, 0) is 29.5 Å². The zero-order chi connectivity index (χ0) is 13.1. The second kappa shape index (κ2) is 5.54. The van der Waals surface area contributed by atoms with E-state index in [0.717, 1.165) is 14.9 Å². The molecule has 3 nitrogen and oxygen atoms in total. The van der Waals surface area contributed by atoms with Gasteiger partial charge >= 0.3 is 5.97 Å². The molecule has 0 amide bonds. The van der Waals surface area contributed by atoms with Crippen molar-refractivity contribution < 1.29 is 9.90 Å². The third-order valence-corrected chi connectivity index (χ3v) is 4.32. The average molecular weight is 279 g/mol. The van der Waals surface area contributed by atoms with Crippen LogP contribution in [0.1, 0.15) is 35.8 Å². The first kappa shape index (κ1) is 13.1. The van der Waals surface area contributed by atoms with Crippen LogP contribution in [-0.4, -0.2) is 16.1 Å². The summed E-state index contributed by atoms with van der Waals surface area (Å²) in [4.78, 5) is 15.6. The number of thiophene rings is 1. The van der Waals surface area contributed by atoms with E-state index in [2.05, 4.69) is 4.98 Å². The Balaban J connectivity index is 2.37. The van der Waals surface area contributed by atoms with E-state index in [1.807, 2.05) is 31.4 Å². The van der Waals surface area contributed by atoms with Gasteiger partial charge in [-0.15, -0.1) is 11.3 Å². The van der Waals surface area contributed by atoms with E-state index >= 15 is 0 Å². The Kier molecular flexibility index (Phi) is 4.04. The number of hydrogen-bond donors (Lipinski definition) is 1. The lowest BCUT2D eigenvalue weighted by Gasteiger charge is -2.08. The van der Waals surface area contributed by atoms with Gasteiger partial charge in [0, 0.05) is 5.69 Å². The Bertz CT molecular complexity index is 550. The van der Waals surface area contributed by atoms with Crippen molar-refractivity contribution in [1.82, 2.24) is 4.98 Å². The molecule has 94 valence electrons. The molecule has 2 aromatic heterocycles. The number of hydrogen-bond acceptors (Lipinski definition) is 4. The van der Waals surface area contributed by atoms with E-state index in [1.165, 1.54) is 11.8 Å². The summed E-state index contributed by atoms with van der Waals surface area (Å²) in [6.07, 6.45) is 0. The van der Waals surface area contributed by atoms with Gasteiger partial charge in [-0.25, -0.2) is 9.78 Å². The topological polar surface area (TPSA) is 50.2 Å². The van der Waals surface area contributed by atoms with Gasteiger partial charge in [0.15, 0.2) is 0 Å². The molecule has 2 aromatic rings. The summed E-state index contributed by atoms with van der Waals surface area (Å²) in [6, 6.07) is 7.24. The predicted octanol–water partition coefficient (Wildman–Crippen LogP) is 4.12. The number of pyridine rings is 1. The number of nitrogens with zero attached hydrogens (tertiary/aromatic N) is 1. The lowest BCUT2D eigenvalue weighted by atomic mass is 10.1. The van der Waals surface area contributed by atoms with Gasteiger partial charge in [-0.1, -0.05) is 31.7 Å². The van der Waals surface area contributed by atoms with Gasteiger partial charge in [0.25, 0.3) is 0 Å². The molecule has 5 heteroatoms. The molecule has 18 heavy (non-hydrogen) atoms. The van der Waals surface area contributed by atoms with Gasteiger partial charge < -0.3 is 5.11 Å². The molecule has 2 heterocycles. The van der Waals surface area contributed by atoms with Crippen LogP contribution in [-0.2, 0) is 0 Å². The van der Waals surface area contributed by atoms with Crippen LogP contribution in [0.3, 0.4) is 0 Å². The molecular formula is C13H13NO2S2. The number of aromatic carboxylic acids is 1. The van der Waals surface area contributed by atoms with E-state index in [1.54, 1.807) is 23.5 Å². The maximum atomic E-state index is 11.1. The largest absolute Gasteiger partial charge is 0.478 e. The number of rotatable bonds is 4. The Morgan fingerprint density at radius 1 is 1.44 bits per heavy atom. The molecule has 0 fully saturated rings. The van der Waals surface area contributed by atoms with Crippen molar-refractivity contribution in [1.29, 1.82) is 0 Å². The van der Waals surface area contributed by atoms with E-state index in [0.29, 0.717) is 5.56 Å². The van der Waals surface area contributed by atoms with Gasteiger partial charge in [-0.3, -0.25) is 0 Å². The maximum Gasteiger partial charge on any atom is 0.335 e. The smallest absolute Gasteiger partial charge is 0.335 e. The minimum atomic E-state index is -0.910. The normalized spacial score (nSPS) is 10.8. The monoisotopic (exact) mass is 279 g/mol. The fourth-order valence-corrected chi connectivity index (χ4v) is 3.18. The minimum absolute atomic E-state index is 0.215. The van der Waals surface area contributed by atoms with Gasteiger partial charge in [-0.2, -0.15) is 0 Å². The highest BCUT2D eigenvalue weighted by atomic mass is 32.2. The first-order chi connectivity index (χ1) is 8.56. The van der Waals surface area contributed by atoms with Crippen molar-refractivity contribution in [3.05, 3.63) is 40.9 Å². The van der Waals surface area contributed by atoms with E-state index in [9.17, 15) is 4.79 Å². The standard InChI is InChI=1S/C13H13NO2S2/c1-8(2)10-6-9(13(15)16)7-11(14-10)18-12-4-3-5-17-12/h3-8H,1-2H3,(H,15,16). The van der Waals surface area contributed by atoms with Gasteiger partial charge in [0.2, 0.25) is 0 Å². The molecule has 0 unspecified atom stereocenters. The Morgan fingerprint density at radius 3 is 2.78 bits per heavy atom. The van der Waals surface area contributed by atoms with Crippen molar-refractivity contribution in [2.75, 3.05) is 0 Å². The molecule has 0 spiro atoms. The summed E-state index contributed by atoms with van der Waals surface area (Å²) >= 11 is 3.12. The van der Waals surface area contributed by atoms with Crippen LogP contribution in [0.15, 0.2) is 38.9 Å². The number of aromatic nitrogens is 1. The lowest BCUT2D eigenvalue weighted by Crippen LogP contribution is -2.02. The van der Waals surface area contributed by atoms with Crippen LogP contribution in [0, 0.1) is 0 Å². The van der Waals surface area contributed by atoms with Crippen molar-refractivity contribution in [3.8, 4) is 0 Å². The SMILES string of the molecule is CC(C)c1cc(C(=O)O)cc(Sc2cccs2)n1. The third-order valence-electron chi connectivity index (χ3n) is 2.36. The molecule has 0 bridgehead atoms. The summed E-state index contributed by atoms with van der Waals surface area (Å²) < 4.78 is 1.11.